The van der Waals surface area contributed by atoms with Gasteiger partial charge in [-0.25, -0.2) is 9.97 Å². The molecule has 2 heterocycles. The van der Waals surface area contributed by atoms with Gasteiger partial charge in [-0.3, -0.25) is 0 Å². The van der Waals surface area contributed by atoms with E-state index in [0.717, 1.165) is 38.2 Å². The van der Waals surface area contributed by atoms with E-state index in [2.05, 4.69) is 133 Å². The second-order valence-electron chi connectivity index (χ2n) is 9.81. The lowest BCUT2D eigenvalue weighted by molar-refractivity contribution is 1.24. The predicted octanol–water partition coefficient (Wildman–Crippen LogP) is 10.2. The van der Waals surface area contributed by atoms with Crippen molar-refractivity contribution in [3.8, 4) is 33.8 Å². The maximum Gasteiger partial charge on any atom is 0.161 e. The molecule has 0 atom stereocenters. The van der Waals surface area contributed by atoms with Crippen LogP contribution in [-0.4, -0.2) is 9.97 Å². The zero-order chi connectivity index (χ0) is 25.8. The highest BCUT2D eigenvalue weighted by atomic mass is 32.1. The van der Waals surface area contributed by atoms with Crippen molar-refractivity contribution in [1.29, 1.82) is 0 Å². The van der Waals surface area contributed by atoms with E-state index in [1.54, 1.807) is 11.3 Å². The van der Waals surface area contributed by atoms with E-state index in [-0.39, 0.29) is 0 Å². The molecule has 0 unspecified atom stereocenters. The SMILES string of the molecule is c1ccc(-c2cccc(-c3nc(-c4cccc5ccccc45)nc4c3sc3c5ccccc5ccc43)c2)cc1. The Morgan fingerprint density at radius 1 is 0.436 bits per heavy atom. The zero-order valence-corrected chi connectivity index (χ0v) is 21.8. The van der Waals surface area contributed by atoms with E-state index < -0.39 is 0 Å². The van der Waals surface area contributed by atoms with Gasteiger partial charge in [0.2, 0.25) is 0 Å². The molecular weight excluding hydrogens is 492 g/mol. The van der Waals surface area contributed by atoms with Crippen LogP contribution < -0.4 is 0 Å². The second kappa shape index (κ2) is 8.87. The Morgan fingerprint density at radius 2 is 1.10 bits per heavy atom. The molecule has 8 aromatic rings. The van der Waals surface area contributed by atoms with Crippen LogP contribution in [0.1, 0.15) is 0 Å². The van der Waals surface area contributed by atoms with Crippen molar-refractivity contribution >= 4 is 53.2 Å². The Morgan fingerprint density at radius 3 is 1.97 bits per heavy atom. The Balaban J connectivity index is 1.47. The molecule has 8 rings (SSSR count). The molecule has 0 bridgehead atoms. The molecule has 0 aliphatic carbocycles. The van der Waals surface area contributed by atoms with Gasteiger partial charge in [-0.05, 0) is 38.7 Å². The van der Waals surface area contributed by atoms with E-state index >= 15 is 0 Å². The smallest absolute Gasteiger partial charge is 0.161 e. The normalized spacial score (nSPS) is 11.6. The van der Waals surface area contributed by atoms with Crippen molar-refractivity contribution in [2.24, 2.45) is 0 Å². The molecule has 2 aromatic heterocycles. The summed E-state index contributed by atoms with van der Waals surface area (Å²) in [5, 5.41) is 6.03. The van der Waals surface area contributed by atoms with Crippen LogP contribution in [0.25, 0.3) is 75.6 Å². The van der Waals surface area contributed by atoms with Gasteiger partial charge in [0, 0.05) is 21.2 Å². The summed E-state index contributed by atoms with van der Waals surface area (Å²) in [7, 11) is 0. The lowest BCUT2D eigenvalue weighted by Crippen LogP contribution is -1.94. The van der Waals surface area contributed by atoms with Crippen molar-refractivity contribution in [2.75, 3.05) is 0 Å². The van der Waals surface area contributed by atoms with Crippen LogP contribution in [0, 0.1) is 0 Å². The molecule has 3 heteroatoms. The van der Waals surface area contributed by atoms with Crippen LogP contribution in [0.2, 0.25) is 0 Å². The van der Waals surface area contributed by atoms with Gasteiger partial charge in [-0.15, -0.1) is 11.3 Å². The first-order chi connectivity index (χ1) is 19.3. The number of rotatable bonds is 3. The zero-order valence-electron chi connectivity index (χ0n) is 21.0. The largest absolute Gasteiger partial charge is 0.226 e. The quantitative estimate of drug-likeness (QED) is 0.234. The fourth-order valence-electron chi connectivity index (χ4n) is 5.58. The number of hydrogen-bond acceptors (Lipinski definition) is 3. The van der Waals surface area contributed by atoms with Crippen molar-refractivity contribution in [3.63, 3.8) is 0 Å². The van der Waals surface area contributed by atoms with E-state index in [4.69, 9.17) is 9.97 Å². The topological polar surface area (TPSA) is 25.8 Å². The van der Waals surface area contributed by atoms with E-state index in [1.807, 2.05) is 0 Å². The summed E-state index contributed by atoms with van der Waals surface area (Å²) >= 11 is 1.80. The van der Waals surface area contributed by atoms with Gasteiger partial charge in [0.1, 0.15) is 0 Å². The van der Waals surface area contributed by atoms with Gasteiger partial charge in [-0.1, -0.05) is 127 Å². The molecule has 0 saturated carbocycles. The molecule has 0 fully saturated rings. The molecule has 0 aliphatic rings. The first kappa shape index (κ1) is 22.2. The summed E-state index contributed by atoms with van der Waals surface area (Å²) in [6, 6.07) is 47.1. The Kier molecular flexibility index (Phi) is 5.04. The third-order valence-corrected chi connectivity index (χ3v) is 8.71. The average Bonchev–Trinajstić information content (AvgIpc) is 3.40. The van der Waals surface area contributed by atoms with Crippen LogP contribution in [0.4, 0.5) is 0 Å². The number of aromatic nitrogens is 2. The number of nitrogens with zero attached hydrogens (tertiary/aromatic N) is 2. The molecule has 39 heavy (non-hydrogen) atoms. The van der Waals surface area contributed by atoms with Crippen molar-refractivity contribution in [2.45, 2.75) is 0 Å². The number of thiophene rings is 1. The summed E-state index contributed by atoms with van der Waals surface area (Å²) in [5.41, 5.74) is 6.51. The van der Waals surface area contributed by atoms with Crippen LogP contribution in [0.5, 0.6) is 0 Å². The molecule has 2 nitrogen and oxygen atoms in total. The van der Waals surface area contributed by atoms with E-state index in [1.165, 1.54) is 37.4 Å². The minimum Gasteiger partial charge on any atom is -0.226 e. The molecule has 0 spiro atoms. The minimum absolute atomic E-state index is 0.757. The van der Waals surface area contributed by atoms with Gasteiger partial charge in [0.15, 0.2) is 5.82 Å². The maximum atomic E-state index is 5.30. The fraction of sp³-hybridized carbons (Fsp3) is 0. The van der Waals surface area contributed by atoms with Crippen LogP contribution in [-0.2, 0) is 0 Å². The van der Waals surface area contributed by atoms with Crippen LogP contribution >= 0.6 is 11.3 Å². The highest BCUT2D eigenvalue weighted by Gasteiger charge is 2.19. The highest BCUT2D eigenvalue weighted by molar-refractivity contribution is 7.27. The van der Waals surface area contributed by atoms with Gasteiger partial charge >= 0.3 is 0 Å². The molecule has 0 radical (unpaired) electrons. The van der Waals surface area contributed by atoms with Crippen molar-refractivity contribution < 1.29 is 0 Å². The summed E-state index contributed by atoms with van der Waals surface area (Å²) in [4.78, 5) is 10.6. The number of benzene rings is 6. The van der Waals surface area contributed by atoms with Crippen LogP contribution in [0.3, 0.4) is 0 Å². The lowest BCUT2D eigenvalue weighted by atomic mass is 10.0. The van der Waals surface area contributed by atoms with Crippen LogP contribution in [0.15, 0.2) is 133 Å². The number of hydrogen-bond donors (Lipinski definition) is 0. The fourth-order valence-corrected chi connectivity index (χ4v) is 6.87. The predicted molar refractivity (Wildman–Crippen MR) is 166 cm³/mol. The second-order valence-corrected chi connectivity index (χ2v) is 10.8. The average molecular weight is 515 g/mol. The molecule has 6 aromatic carbocycles. The van der Waals surface area contributed by atoms with Crippen molar-refractivity contribution in [1.82, 2.24) is 9.97 Å². The molecular formula is C36H22N2S. The summed E-state index contributed by atoms with van der Waals surface area (Å²) in [5.74, 6) is 0.757. The van der Waals surface area contributed by atoms with Crippen molar-refractivity contribution in [3.05, 3.63) is 133 Å². The summed E-state index contributed by atoms with van der Waals surface area (Å²) < 4.78 is 2.38. The Hall–Kier alpha value is -4.86. The standard InChI is InChI=1S/C36H22N2S/c1-2-10-23(11-3-1)26-15-8-16-27(22-26)32-35-33(31-21-20-25-13-5-7-18-29(25)34(31)39-35)38-36(37-32)30-19-9-14-24-12-4-6-17-28(24)30/h1-22H. The van der Waals surface area contributed by atoms with Gasteiger partial charge in [-0.2, -0.15) is 0 Å². The third-order valence-electron chi connectivity index (χ3n) is 7.48. The highest BCUT2D eigenvalue weighted by Crippen LogP contribution is 2.43. The molecule has 0 N–H and O–H groups in total. The molecule has 0 saturated heterocycles. The monoisotopic (exact) mass is 514 g/mol. The van der Waals surface area contributed by atoms with E-state index in [0.29, 0.717) is 0 Å². The molecule has 0 amide bonds. The maximum absolute atomic E-state index is 5.30. The van der Waals surface area contributed by atoms with E-state index in [9.17, 15) is 0 Å². The Labute approximate surface area is 229 Å². The van der Waals surface area contributed by atoms with Gasteiger partial charge in [0.05, 0.1) is 15.9 Å². The number of fused-ring (bicyclic) bond motifs is 6. The summed E-state index contributed by atoms with van der Waals surface area (Å²) in [6.07, 6.45) is 0. The molecule has 182 valence electrons. The van der Waals surface area contributed by atoms with Gasteiger partial charge < -0.3 is 0 Å². The lowest BCUT2D eigenvalue weighted by Gasteiger charge is -2.10. The molecule has 0 aliphatic heterocycles. The van der Waals surface area contributed by atoms with Gasteiger partial charge in [0.25, 0.3) is 0 Å². The minimum atomic E-state index is 0.757. The first-order valence-electron chi connectivity index (χ1n) is 13.1. The Bertz CT molecular complexity index is 2170. The first-order valence-corrected chi connectivity index (χ1v) is 13.9. The third kappa shape index (κ3) is 3.63. The summed E-state index contributed by atoms with van der Waals surface area (Å²) in [6.45, 7) is 0.